The van der Waals surface area contributed by atoms with E-state index in [-0.39, 0.29) is 29.2 Å². The molecule has 2 amide bonds. The normalized spacial score (nSPS) is 11.8. The van der Waals surface area contributed by atoms with Crippen molar-refractivity contribution < 1.29 is 22.9 Å². The predicted octanol–water partition coefficient (Wildman–Crippen LogP) is 5.22. The molecule has 1 N–H and O–H groups in total. The zero-order valence-electron chi connectivity index (χ0n) is 23.9. The van der Waals surface area contributed by atoms with E-state index in [1.54, 1.807) is 49.4 Å². The third kappa shape index (κ3) is 8.00. The average molecular weight is 635 g/mol. The number of sulfonamides is 1. The molecule has 0 fully saturated rings. The Hall–Kier alpha value is -4.74. The number of amides is 2. The molecule has 4 aromatic rings. The largest absolute Gasteiger partial charge is 0.355 e. The van der Waals surface area contributed by atoms with Crippen LogP contribution in [0.2, 0.25) is 5.02 Å². The highest BCUT2D eigenvalue weighted by Crippen LogP contribution is 2.27. The maximum Gasteiger partial charge on any atom is 0.269 e. The summed E-state index contributed by atoms with van der Waals surface area (Å²) >= 11 is 6.24. The summed E-state index contributed by atoms with van der Waals surface area (Å²) in [7, 11) is -4.32. The Morgan fingerprint density at radius 3 is 2.09 bits per heavy atom. The number of rotatable bonds is 13. The number of carbonyl (C=O) groups is 2. The van der Waals surface area contributed by atoms with Gasteiger partial charge in [-0.1, -0.05) is 72.3 Å². The first-order chi connectivity index (χ1) is 21.1. The molecular weight excluding hydrogens is 604 g/mol. The average Bonchev–Trinajstić information content (AvgIpc) is 3.02. The predicted molar refractivity (Wildman–Crippen MR) is 169 cm³/mol. The monoisotopic (exact) mass is 634 g/mol. The molecule has 4 rings (SSSR count). The number of carbonyl (C=O) groups excluding carboxylic acids is 2. The van der Waals surface area contributed by atoms with Crippen molar-refractivity contribution in [3.8, 4) is 0 Å². The van der Waals surface area contributed by atoms with Crippen molar-refractivity contribution in [3.05, 3.63) is 135 Å². The second-order valence-electron chi connectivity index (χ2n) is 9.85. The van der Waals surface area contributed by atoms with Crippen LogP contribution in [0, 0.1) is 10.1 Å². The van der Waals surface area contributed by atoms with Crippen molar-refractivity contribution in [2.45, 2.75) is 30.8 Å². The number of benzene rings is 4. The van der Waals surface area contributed by atoms with Gasteiger partial charge >= 0.3 is 0 Å². The minimum absolute atomic E-state index is 0.0342. The number of nitro benzene ring substituents is 1. The molecule has 0 aliphatic carbocycles. The van der Waals surface area contributed by atoms with Crippen LogP contribution in [0.25, 0.3) is 0 Å². The van der Waals surface area contributed by atoms with Crippen LogP contribution < -0.4 is 9.62 Å². The van der Waals surface area contributed by atoms with Gasteiger partial charge in [-0.05, 0) is 54.4 Å². The number of nitrogens with zero attached hydrogens (tertiary/aromatic N) is 3. The van der Waals surface area contributed by atoms with Gasteiger partial charge in [0.05, 0.1) is 15.5 Å². The molecule has 4 aromatic carbocycles. The molecule has 0 radical (unpaired) electrons. The number of non-ortho nitro benzene ring substituents is 1. The zero-order chi connectivity index (χ0) is 31.7. The lowest BCUT2D eigenvalue weighted by Gasteiger charge is -2.33. The molecule has 0 saturated heterocycles. The minimum Gasteiger partial charge on any atom is -0.355 e. The maximum atomic E-state index is 14.3. The van der Waals surface area contributed by atoms with E-state index in [4.69, 9.17) is 11.6 Å². The molecule has 44 heavy (non-hydrogen) atoms. The van der Waals surface area contributed by atoms with Gasteiger partial charge in [-0.2, -0.15) is 0 Å². The maximum absolute atomic E-state index is 14.3. The second-order valence-corrected chi connectivity index (χ2v) is 12.1. The summed E-state index contributed by atoms with van der Waals surface area (Å²) in [6.07, 6.45) is 0.169. The van der Waals surface area contributed by atoms with Crippen LogP contribution in [0.15, 0.2) is 114 Å². The first-order valence-electron chi connectivity index (χ1n) is 13.8. The van der Waals surface area contributed by atoms with Gasteiger partial charge in [0.25, 0.3) is 15.7 Å². The highest BCUT2D eigenvalue weighted by atomic mass is 35.5. The van der Waals surface area contributed by atoms with Crippen molar-refractivity contribution >= 4 is 44.8 Å². The number of nitro groups is 1. The summed E-state index contributed by atoms with van der Waals surface area (Å²) in [6.45, 7) is 1.37. The standard InChI is InChI=1S/C32H31ClN4O6S/c1-2-34-32(39)30(21-24-10-5-3-6-11-24)35(22-25-12-9-13-26(33)20-25)31(38)23-36(27-16-18-28(19-17-27)37(40)41)44(42,43)29-14-7-4-8-15-29/h3-20,30H,2,21-23H2,1H3,(H,34,39). The highest BCUT2D eigenvalue weighted by Gasteiger charge is 2.34. The number of anilines is 1. The van der Waals surface area contributed by atoms with Gasteiger partial charge in [0, 0.05) is 36.7 Å². The molecular formula is C32H31ClN4O6S. The molecule has 228 valence electrons. The van der Waals surface area contributed by atoms with Crippen molar-refractivity contribution in [2.75, 3.05) is 17.4 Å². The molecule has 0 heterocycles. The van der Waals surface area contributed by atoms with Crippen LogP contribution >= 0.6 is 11.6 Å². The van der Waals surface area contributed by atoms with Crippen LogP contribution in [-0.4, -0.2) is 49.2 Å². The van der Waals surface area contributed by atoms with E-state index < -0.39 is 39.3 Å². The molecule has 0 aromatic heterocycles. The van der Waals surface area contributed by atoms with E-state index in [2.05, 4.69) is 5.32 Å². The fourth-order valence-electron chi connectivity index (χ4n) is 4.67. The lowest BCUT2D eigenvalue weighted by atomic mass is 10.0. The fourth-order valence-corrected chi connectivity index (χ4v) is 6.32. The van der Waals surface area contributed by atoms with Gasteiger partial charge < -0.3 is 10.2 Å². The molecule has 0 aliphatic heterocycles. The molecule has 12 heteroatoms. The minimum atomic E-state index is -4.32. The van der Waals surface area contributed by atoms with E-state index in [0.29, 0.717) is 17.1 Å². The smallest absolute Gasteiger partial charge is 0.269 e. The zero-order valence-corrected chi connectivity index (χ0v) is 25.4. The molecule has 10 nitrogen and oxygen atoms in total. The molecule has 0 aliphatic rings. The molecule has 0 spiro atoms. The number of nitrogens with one attached hydrogen (secondary N) is 1. The number of hydrogen-bond donors (Lipinski definition) is 1. The lowest BCUT2D eigenvalue weighted by Crippen LogP contribution is -2.53. The van der Waals surface area contributed by atoms with Crippen LogP contribution in [0.4, 0.5) is 11.4 Å². The van der Waals surface area contributed by atoms with Crippen LogP contribution in [0.5, 0.6) is 0 Å². The summed E-state index contributed by atoms with van der Waals surface area (Å²) in [6, 6.07) is 27.5. The van der Waals surface area contributed by atoms with Gasteiger partial charge in [-0.3, -0.25) is 24.0 Å². The topological polar surface area (TPSA) is 130 Å². The SMILES string of the molecule is CCNC(=O)C(Cc1ccccc1)N(Cc1cccc(Cl)c1)C(=O)CN(c1ccc([N+](=O)[O-])cc1)S(=O)(=O)c1ccccc1. The first kappa shape index (κ1) is 32.2. The van der Waals surface area contributed by atoms with Crippen molar-refractivity contribution in [3.63, 3.8) is 0 Å². The van der Waals surface area contributed by atoms with Gasteiger partial charge in [0.1, 0.15) is 12.6 Å². The quantitative estimate of drug-likeness (QED) is 0.159. The Balaban J connectivity index is 1.80. The molecule has 1 unspecified atom stereocenters. The lowest BCUT2D eigenvalue weighted by molar-refractivity contribution is -0.384. The van der Waals surface area contributed by atoms with E-state index in [1.165, 1.54) is 41.3 Å². The Kier molecular flexibility index (Phi) is 10.7. The van der Waals surface area contributed by atoms with E-state index in [1.807, 2.05) is 30.3 Å². The number of halogens is 1. The Morgan fingerprint density at radius 2 is 1.50 bits per heavy atom. The van der Waals surface area contributed by atoms with Gasteiger partial charge in [-0.15, -0.1) is 0 Å². The molecule has 0 saturated carbocycles. The van der Waals surface area contributed by atoms with Crippen LogP contribution in [-0.2, 0) is 32.6 Å². The third-order valence-electron chi connectivity index (χ3n) is 6.82. The third-order valence-corrected chi connectivity index (χ3v) is 8.85. The second kappa shape index (κ2) is 14.6. The summed E-state index contributed by atoms with van der Waals surface area (Å²) in [5, 5.41) is 14.5. The summed E-state index contributed by atoms with van der Waals surface area (Å²) in [5.41, 5.74) is 1.25. The first-order valence-corrected chi connectivity index (χ1v) is 15.6. The van der Waals surface area contributed by atoms with Crippen LogP contribution in [0.3, 0.4) is 0 Å². The Morgan fingerprint density at radius 1 is 0.886 bits per heavy atom. The van der Waals surface area contributed by atoms with E-state index >= 15 is 0 Å². The van der Waals surface area contributed by atoms with E-state index in [0.717, 1.165) is 9.87 Å². The Labute approximate surface area is 261 Å². The van der Waals surface area contributed by atoms with Gasteiger partial charge in [0.2, 0.25) is 11.8 Å². The van der Waals surface area contributed by atoms with Crippen LogP contribution in [0.1, 0.15) is 18.1 Å². The van der Waals surface area contributed by atoms with Crippen molar-refractivity contribution in [1.82, 2.24) is 10.2 Å². The fraction of sp³-hybridized carbons (Fsp3) is 0.188. The van der Waals surface area contributed by atoms with Crippen molar-refractivity contribution in [2.24, 2.45) is 0 Å². The van der Waals surface area contributed by atoms with Gasteiger partial charge in [0.15, 0.2) is 0 Å². The summed E-state index contributed by atoms with van der Waals surface area (Å²) in [5.74, 6) is -1.06. The van der Waals surface area contributed by atoms with Gasteiger partial charge in [-0.25, -0.2) is 8.42 Å². The summed E-state index contributed by atoms with van der Waals surface area (Å²) < 4.78 is 28.8. The Bertz CT molecular complexity index is 1700. The van der Waals surface area contributed by atoms with Crippen molar-refractivity contribution in [1.29, 1.82) is 0 Å². The highest BCUT2D eigenvalue weighted by molar-refractivity contribution is 7.92. The van der Waals surface area contributed by atoms with E-state index in [9.17, 15) is 28.1 Å². The summed E-state index contributed by atoms with van der Waals surface area (Å²) in [4.78, 5) is 39.8. The molecule has 0 bridgehead atoms. The molecule has 1 atom stereocenters. The number of likely N-dealkylation sites (N-methyl/N-ethyl adjacent to an activating group) is 1. The number of hydrogen-bond acceptors (Lipinski definition) is 6.